The average molecular weight is 237 g/mol. The fourth-order valence-corrected chi connectivity index (χ4v) is 1.17. The molecule has 0 aliphatic heterocycles. The minimum atomic E-state index is -0.549. The van der Waals surface area contributed by atoms with Gasteiger partial charge in [0, 0.05) is 11.5 Å². The van der Waals surface area contributed by atoms with Crippen molar-refractivity contribution in [1.29, 1.82) is 0 Å². The van der Waals surface area contributed by atoms with Crippen molar-refractivity contribution in [2.45, 2.75) is 26.4 Å². The lowest BCUT2D eigenvalue weighted by Gasteiger charge is -2.16. The highest BCUT2D eigenvalue weighted by atomic mass is 35.5. The first kappa shape index (κ1) is 12.6. The number of hydrogen-bond donors (Lipinski definition) is 0. The van der Waals surface area contributed by atoms with Gasteiger partial charge in [0.25, 0.3) is 0 Å². The smallest absolute Gasteiger partial charge is 0.385 e. The van der Waals surface area contributed by atoms with Crippen LogP contribution < -0.4 is 0 Å². The van der Waals surface area contributed by atoms with Gasteiger partial charge in [-0.25, -0.2) is 4.79 Å². The summed E-state index contributed by atoms with van der Waals surface area (Å²) in [5, 5.41) is 0.526. The Morgan fingerprint density at radius 3 is 2.50 bits per heavy atom. The Bertz CT molecular complexity index is 447. The van der Waals surface area contributed by atoms with E-state index in [0.29, 0.717) is 10.6 Å². The zero-order chi connectivity index (χ0) is 12.2. The molecule has 1 rings (SSSR count). The van der Waals surface area contributed by atoms with Crippen LogP contribution in [0.4, 0.5) is 0 Å². The topological polar surface area (TPSA) is 26.3 Å². The molecule has 3 heteroatoms. The Hall–Kier alpha value is -1.46. The number of hydrogen-bond acceptors (Lipinski definition) is 2. The third-order valence-corrected chi connectivity index (χ3v) is 1.90. The molecule has 0 spiro atoms. The SMILES string of the molecule is CC(C)(C)OC(=O)C#Cc1ccccc1Cl. The Morgan fingerprint density at radius 1 is 1.31 bits per heavy atom. The number of halogens is 1. The fraction of sp³-hybridized carbons (Fsp3) is 0.308. The summed E-state index contributed by atoms with van der Waals surface area (Å²) in [6.45, 7) is 5.38. The Balaban J connectivity index is 2.76. The van der Waals surface area contributed by atoms with Crippen LogP contribution in [0.5, 0.6) is 0 Å². The molecule has 0 saturated heterocycles. The lowest BCUT2D eigenvalue weighted by molar-refractivity contribution is -0.147. The zero-order valence-corrected chi connectivity index (χ0v) is 10.3. The first-order chi connectivity index (χ1) is 7.38. The summed E-state index contributed by atoms with van der Waals surface area (Å²) in [4.78, 5) is 11.3. The molecule has 0 N–H and O–H groups in total. The Morgan fingerprint density at radius 2 is 1.94 bits per heavy atom. The van der Waals surface area contributed by atoms with Crippen LogP contribution in [0.25, 0.3) is 0 Å². The van der Waals surface area contributed by atoms with Crippen molar-refractivity contribution in [3.8, 4) is 11.8 Å². The second-order valence-corrected chi connectivity index (χ2v) is 4.64. The second kappa shape index (κ2) is 5.05. The van der Waals surface area contributed by atoms with Crippen LogP contribution in [0.15, 0.2) is 24.3 Å². The molecule has 84 valence electrons. The average Bonchev–Trinajstić information content (AvgIpc) is 2.14. The molecule has 2 nitrogen and oxygen atoms in total. The molecular formula is C13H13ClO2. The van der Waals surface area contributed by atoms with E-state index < -0.39 is 11.6 Å². The summed E-state index contributed by atoms with van der Waals surface area (Å²) >= 11 is 5.89. The van der Waals surface area contributed by atoms with Crippen molar-refractivity contribution in [2.24, 2.45) is 0 Å². The minimum absolute atomic E-state index is 0.522. The number of carbonyl (C=O) groups is 1. The summed E-state index contributed by atoms with van der Waals surface area (Å²) < 4.78 is 5.04. The van der Waals surface area contributed by atoms with E-state index in [1.165, 1.54) is 0 Å². The van der Waals surface area contributed by atoms with Gasteiger partial charge in [0.2, 0.25) is 0 Å². The fourth-order valence-electron chi connectivity index (χ4n) is 0.985. The minimum Gasteiger partial charge on any atom is -0.450 e. The lowest BCUT2D eigenvalue weighted by Crippen LogP contribution is -2.22. The predicted molar refractivity (Wildman–Crippen MR) is 64.2 cm³/mol. The highest BCUT2D eigenvalue weighted by Gasteiger charge is 2.14. The number of carbonyl (C=O) groups excluding carboxylic acids is 1. The summed E-state index contributed by atoms with van der Waals surface area (Å²) in [6.07, 6.45) is 0. The van der Waals surface area contributed by atoms with Gasteiger partial charge in [0.15, 0.2) is 0 Å². The Kier molecular flexibility index (Phi) is 3.98. The van der Waals surface area contributed by atoms with Crippen molar-refractivity contribution in [2.75, 3.05) is 0 Å². The van der Waals surface area contributed by atoms with E-state index >= 15 is 0 Å². The van der Waals surface area contributed by atoms with Crippen molar-refractivity contribution in [3.05, 3.63) is 34.9 Å². The summed E-state index contributed by atoms with van der Waals surface area (Å²) in [5.41, 5.74) is 0.0988. The predicted octanol–water partition coefficient (Wildman–Crippen LogP) is 3.03. The van der Waals surface area contributed by atoms with E-state index in [-0.39, 0.29) is 0 Å². The van der Waals surface area contributed by atoms with Crippen LogP contribution in [-0.2, 0) is 9.53 Å². The number of esters is 1. The van der Waals surface area contributed by atoms with Gasteiger partial charge in [-0.3, -0.25) is 0 Å². The maximum absolute atomic E-state index is 11.3. The van der Waals surface area contributed by atoms with Crippen molar-refractivity contribution in [3.63, 3.8) is 0 Å². The van der Waals surface area contributed by atoms with Gasteiger partial charge in [-0.05, 0) is 32.9 Å². The lowest BCUT2D eigenvalue weighted by atomic mass is 10.2. The van der Waals surface area contributed by atoms with Crippen LogP contribution in [-0.4, -0.2) is 11.6 Å². The van der Waals surface area contributed by atoms with Gasteiger partial charge in [-0.1, -0.05) is 29.7 Å². The third-order valence-electron chi connectivity index (χ3n) is 1.57. The largest absolute Gasteiger partial charge is 0.450 e. The molecule has 0 saturated carbocycles. The summed E-state index contributed by atoms with van der Waals surface area (Å²) in [7, 11) is 0. The highest BCUT2D eigenvalue weighted by Crippen LogP contribution is 2.13. The molecule has 1 aromatic rings. The molecule has 0 bridgehead atoms. The molecule has 0 heterocycles. The van der Waals surface area contributed by atoms with Gasteiger partial charge in [-0.15, -0.1) is 0 Å². The van der Waals surface area contributed by atoms with Gasteiger partial charge >= 0.3 is 5.97 Å². The van der Waals surface area contributed by atoms with Crippen LogP contribution in [0.1, 0.15) is 26.3 Å². The van der Waals surface area contributed by atoms with E-state index in [1.807, 2.05) is 6.07 Å². The first-order valence-electron chi connectivity index (χ1n) is 4.88. The van der Waals surface area contributed by atoms with Crippen molar-refractivity contribution in [1.82, 2.24) is 0 Å². The molecule has 16 heavy (non-hydrogen) atoms. The molecule has 0 amide bonds. The number of benzene rings is 1. The van der Waals surface area contributed by atoms with Gasteiger partial charge < -0.3 is 4.74 Å². The molecule has 0 aliphatic carbocycles. The molecule has 0 unspecified atom stereocenters. The van der Waals surface area contributed by atoms with Gasteiger partial charge in [0.1, 0.15) is 5.60 Å². The zero-order valence-electron chi connectivity index (χ0n) is 9.50. The molecule has 0 aliphatic rings. The van der Waals surface area contributed by atoms with Gasteiger partial charge in [0.05, 0.1) is 5.02 Å². The van der Waals surface area contributed by atoms with E-state index in [1.54, 1.807) is 39.0 Å². The molecule has 1 aromatic carbocycles. The summed E-state index contributed by atoms with van der Waals surface area (Å²) in [5.74, 6) is 4.53. The monoisotopic (exact) mass is 236 g/mol. The number of rotatable bonds is 0. The molecule has 0 fully saturated rings. The molecule has 0 radical (unpaired) electrons. The van der Waals surface area contributed by atoms with E-state index in [9.17, 15) is 4.79 Å². The maximum Gasteiger partial charge on any atom is 0.385 e. The second-order valence-electron chi connectivity index (χ2n) is 4.23. The summed E-state index contributed by atoms with van der Waals surface area (Å²) in [6, 6.07) is 7.09. The standard InChI is InChI=1S/C13H13ClO2/c1-13(2,3)16-12(15)9-8-10-6-4-5-7-11(10)14/h4-7H,1-3H3. The van der Waals surface area contributed by atoms with Crippen molar-refractivity contribution >= 4 is 17.6 Å². The van der Waals surface area contributed by atoms with E-state index in [2.05, 4.69) is 11.8 Å². The highest BCUT2D eigenvalue weighted by molar-refractivity contribution is 6.31. The molecule has 0 atom stereocenters. The van der Waals surface area contributed by atoms with Crippen LogP contribution in [0.3, 0.4) is 0 Å². The van der Waals surface area contributed by atoms with Crippen molar-refractivity contribution < 1.29 is 9.53 Å². The quantitative estimate of drug-likeness (QED) is 0.511. The van der Waals surface area contributed by atoms with Gasteiger partial charge in [-0.2, -0.15) is 0 Å². The maximum atomic E-state index is 11.3. The van der Waals surface area contributed by atoms with Crippen LogP contribution >= 0.6 is 11.6 Å². The van der Waals surface area contributed by atoms with E-state index in [4.69, 9.17) is 16.3 Å². The van der Waals surface area contributed by atoms with Crippen LogP contribution in [0, 0.1) is 11.8 Å². The third kappa shape index (κ3) is 4.37. The number of ether oxygens (including phenoxy) is 1. The first-order valence-corrected chi connectivity index (χ1v) is 5.26. The Labute approximate surface area is 101 Å². The normalized spacial score (nSPS) is 10.2. The van der Waals surface area contributed by atoms with Crippen LogP contribution in [0.2, 0.25) is 5.02 Å². The molecular weight excluding hydrogens is 224 g/mol. The molecule has 0 aromatic heterocycles. The van der Waals surface area contributed by atoms with E-state index in [0.717, 1.165) is 0 Å².